The van der Waals surface area contributed by atoms with Gasteiger partial charge in [-0.2, -0.15) is 8.42 Å². The van der Waals surface area contributed by atoms with Gasteiger partial charge in [0.1, 0.15) is 0 Å². The first kappa shape index (κ1) is 31.6. The van der Waals surface area contributed by atoms with Gasteiger partial charge in [0.2, 0.25) is 0 Å². The highest BCUT2D eigenvalue weighted by Gasteiger charge is 2.05. The maximum Gasteiger partial charge on any atom is 0.394 e. The molecule has 0 fully saturated rings. The molecule has 0 amide bonds. The van der Waals surface area contributed by atoms with Gasteiger partial charge in [0.05, 0.1) is 5.56 Å². The van der Waals surface area contributed by atoms with Gasteiger partial charge in [-0.3, -0.25) is 13.9 Å². The summed E-state index contributed by atoms with van der Waals surface area (Å²) in [5, 5.41) is 10.1. The summed E-state index contributed by atoms with van der Waals surface area (Å²) in [6, 6.07) is 30.1. The van der Waals surface area contributed by atoms with Crippen LogP contribution in [0.4, 0.5) is 0 Å². The van der Waals surface area contributed by atoms with Gasteiger partial charge in [-0.05, 0) is 54.6 Å². The second-order valence-electron chi connectivity index (χ2n) is 7.13. The molecule has 0 atom stereocenters. The van der Waals surface area contributed by atoms with Gasteiger partial charge in [-0.15, -0.1) is 24.0 Å². The lowest BCUT2D eigenvalue weighted by Crippen LogP contribution is -2.00. The van der Waals surface area contributed by atoms with Crippen LogP contribution in [-0.4, -0.2) is 28.6 Å². The summed E-state index contributed by atoms with van der Waals surface area (Å²) in [6.45, 7) is 0. The van der Waals surface area contributed by atoms with Crippen LogP contribution < -0.4 is 5.43 Å². The van der Waals surface area contributed by atoms with Gasteiger partial charge in [0.25, 0.3) is 0 Å². The van der Waals surface area contributed by atoms with Crippen LogP contribution in [0.5, 0.6) is 0 Å². The van der Waals surface area contributed by atoms with E-state index in [1.807, 2.05) is 72.8 Å². The summed E-state index contributed by atoms with van der Waals surface area (Å²) >= 11 is 12.3. The largest absolute Gasteiger partial charge is 0.478 e. The Hall–Kier alpha value is -2.58. The van der Waals surface area contributed by atoms with E-state index in [1.54, 1.807) is 29.5 Å². The van der Waals surface area contributed by atoms with E-state index in [-0.39, 0.29) is 11.0 Å². The Bertz CT molecular complexity index is 1680. The second-order valence-corrected chi connectivity index (χ2v) is 11.4. The molecule has 12 heteroatoms. The summed E-state index contributed by atoms with van der Waals surface area (Å²) in [6.07, 6.45) is 0. The molecule has 0 aliphatic rings. The van der Waals surface area contributed by atoms with Gasteiger partial charge in [-0.1, -0.05) is 74.3 Å². The van der Waals surface area contributed by atoms with Crippen LogP contribution in [0.2, 0.25) is 0 Å². The molecule has 0 spiro atoms. The number of halogens is 2. The van der Waals surface area contributed by atoms with Crippen molar-refractivity contribution in [2.24, 2.45) is 0 Å². The standard InChI is InChI=1S/C13H7BrOS.C7H6O2S.C6H5Br.H2O4S/c14-8-5-6-12-10(7-8)13(15)9-3-1-2-4-11(9)16-12;8-7(9)5-3-1-2-4-6(5)10;7-6-4-2-1-3-5-6;1-5(2,3)4/h1-7H;1-4,10H,(H,8,9);1-5H;(H2,1,2,3,4). The van der Waals surface area contributed by atoms with Crippen LogP contribution in [-0.2, 0) is 10.4 Å². The third-order valence-electron chi connectivity index (χ3n) is 4.41. The molecule has 0 aliphatic carbocycles. The molecule has 1 aromatic heterocycles. The molecule has 4 aromatic carbocycles. The minimum Gasteiger partial charge on any atom is -0.478 e. The van der Waals surface area contributed by atoms with Gasteiger partial charge in [-0.25, -0.2) is 4.79 Å². The molecule has 5 rings (SSSR count). The van der Waals surface area contributed by atoms with Crippen molar-refractivity contribution < 1.29 is 27.4 Å². The first-order valence-electron chi connectivity index (χ1n) is 10.4. The average Bonchev–Trinajstić information content (AvgIpc) is 2.85. The molecule has 0 aliphatic heterocycles. The topological polar surface area (TPSA) is 129 Å². The summed E-state index contributed by atoms with van der Waals surface area (Å²) in [4.78, 5) is 23.1. The van der Waals surface area contributed by atoms with Crippen molar-refractivity contribution in [1.82, 2.24) is 0 Å². The van der Waals surface area contributed by atoms with Gasteiger partial charge in [0.15, 0.2) is 5.43 Å². The number of fused-ring (bicyclic) bond motifs is 2. The van der Waals surface area contributed by atoms with E-state index in [9.17, 15) is 9.59 Å². The molecule has 1 heterocycles. The van der Waals surface area contributed by atoms with E-state index in [2.05, 4.69) is 44.5 Å². The fraction of sp³-hybridized carbons (Fsp3) is 0. The van der Waals surface area contributed by atoms with Crippen molar-refractivity contribution >= 4 is 92.4 Å². The zero-order valence-corrected chi connectivity index (χ0v) is 24.9. The van der Waals surface area contributed by atoms with Crippen LogP contribution in [0.15, 0.2) is 116 Å². The normalized spacial score (nSPS) is 10.2. The smallest absolute Gasteiger partial charge is 0.394 e. The van der Waals surface area contributed by atoms with Crippen molar-refractivity contribution in [3.05, 3.63) is 122 Å². The van der Waals surface area contributed by atoms with Gasteiger partial charge in [0, 0.05) is 34.0 Å². The number of hydrogen-bond donors (Lipinski definition) is 4. The predicted octanol–water partition coefficient (Wildman–Crippen LogP) is 7.65. The highest BCUT2D eigenvalue weighted by Crippen LogP contribution is 2.26. The van der Waals surface area contributed by atoms with E-state index in [0.717, 1.165) is 29.1 Å². The fourth-order valence-electron chi connectivity index (χ4n) is 2.84. The number of hydrogen-bond acceptors (Lipinski definition) is 6. The molecule has 0 saturated carbocycles. The average molecular weight is 700 g/mol. The van der Waals surface area contributed by atoms with Crippen LogP contribution in [0.1, 0.15) is 10.4 Å². The highest BCUT2D eigenvalue weighted by atomic mass is 79.9. The quantitative estimate of drug-likeness (QED) is 0.0804. The number of benzene rings is 4. The number of rotatable bonds is 1. The molecule has 38 heavy (non-hydrogen) atoms. The molecule has 5 aromatic rings. The minimum atomic E-state index is -4.67. The summed E-state index contributed by atoms with van der Waals surface area (Å²) in [5.74, 6) is -0.939. The zero-order valence-electron chi connectivity index (χ0n) is 19.2. The molecule has 0 unspecified atom stereocenters. The summed E-state index contributed by atoms with van der Waals surface area (Å²) in [7, 11) is -4.67. The summed E-state index contributed by atoms with van der Waals surface area (Å²) < 4.78 is 35.7. The van der Waals surface area contributed by atoms with Crippen molar-refractivity contribution in [3.8, 4) is 0 Å². The minimum absolute atomic E-state index is 0.116. The third-order valence-corrected chi connectivity index (χ3v) is 6.97. The Kier molecular flexibility index (Phi) is 12.6. The van der Waals surface area contributed by atoms with Crippen LogP contribution in [0.3, 0.4) is 0 Å². The van der Waals surface area contributed by atoms with E-state index < -0.39 is 16.4 Å². The Morgan fingerprint density at radius 2 is 1.26 bits per heavy atom. The zero-order chi connectivity index (χ0) is 28.3. The van der Waals surface area contributed by atoms with E-state index >= 15 is 0 Å². The van der Waals surface area contributed by atoms with E-state index in [4.69, 9.17) is 22.6 Å². The molecule has 7 nitrogen and oxygen atoms in total. The Morgan fingerprint density at radius 3 is 1.79 bits per heavy atom. The molecule has 0 bridgehead atoms. The highest BCUT2D eigenvalue weighted by molar-refractivity contribution is 9.10. The van der Waals surface area contributed by atoms with Gasteiger partial charge < -0.3 is 5.11 Å². The van der Waals surface area contributed by atoms with Crippen molar-refractivity contribution in [2.45, 2.75) is 4.90 Å². The van der Waals surface area contributed by atoms with Crippen molar-refractivity contribution in [1.29, 1.82) is 0 Å². The maximum atomic E-state index is 12.2. The Morgan fingerprint density at radius 1 is 0.737 bits per heavy atom. The monoisotopic (exact) mass is 698 g/mol. The third kappa shape index (κ3) is 11.0. The Labute approximate surface area is 245 Å². The first-order chi connectivity index (χ1) is 17.9. The van der Waals surface area contributed by atoms with Crippen LogP contribution in [0.25, 0.3) is 20.2 Å². The number of carboxylic acids is 1. The SMILES string of the molecule is Brc1ccccc1.O=C(O)c1ccccc1S.O=S(=O)(O)O.O=c1c2ccccc2sc2ccc(Br)cc12. The molecule has 0 saturated heterocycles. The fourth-order valence-corrected chi connectivity index (χ4v) is 4.82. The lowest BCUT2D eigenvalue weighted by Gasteiger charge is -2.00. The molecule has 0 radical (unpaired) electrons. The van der Waals surface area contributed by atoms with Crippen LogP contribution in [0, 0.1) is 0 Å². The number of carboxylic acid groups (broad SMARTS) is 1. The second kappa shape index (κ2) is 15.1. The van der Waals surface area contributed by atoms with E-state index in [1.165, 1.54) is 6.07 Å². The first-order valence-corrected chi connectivity index (χ1v) is 14.6. The lowest BCUT2D eigenvalue weighted by atomic mass is 10.2. The van der Waals surface area contributed by atoms with E-state index in [0.29, 0.717) is 4.90 Å². The number of aromatic carboxylic acids is 1. The van der Waals surface area contributed by atoms with Crippen molar-refractivity contribution in [3.63, 3.8) is 0 Å². The lowest BCUT2D eigenvalue weighted by molar-refractivity contribution is 0.0693. The van der Waals surface area contributed by atoms with Gasteiger partial charge >= 0.3 is 16.4 Å². The Balaban J connectivity index is 0.000000198. The maximum absolute atomic E-state index is 12.2. The number of thiol groups is 1. The molecule has 3 N–H and O–H groups in total. The van der Waals surface area contributed by atoms with Crippen LogP contribution >= 0.6 is 55.8 Å². The predicted molar refractivity (Wildman–Crippen MR) is 162 cm³/mol. The van der Waals surface area contributed by atoms with Crippen molar-refractivity contribution in [2.75, 3.05) is 0 Å². The molecular formula is C26H20Br2O7S3. The molecule has 198 valence electrons. The number of carbonyl (C=O) groups is 1. The molecular weight excluding hydrogens is 680 g/mol. The summed E-state index contributed by atoms with van der Waals surface area (Å²) in [5.41, 5.74) is 0.358.